The summed E-state index contributed by atoms with van der Waals surface area (Å²) in [5, 5.41) is 20.0. The van der Waals surface area contributed by atoms with Gasteiger partial charge in [-0.25, -0.2) is 0 Å². The minimum absolute atomic E-state index is 0.0397. The standard InChI is InChI=1S/C24H25NO2/c1-14(2)23(18(6)26)24(20-8-7-19(13-25)12-17(20)5)21-10-15(3)9-16(4)11-22(21)27/h7-12,24,27H,4H2,1-3,5-6H3/t24-/m1/s1. The van der Waals surface area contributed by atoms with Gasteiger partial charge in [-0.2, -0.15) is 5.26 Å². The van der Waals surface area contributed by atoms with E-state index in [0.717, 1.165) is 22.3 Å². The zero-order valence-electron chi connectivity index (χ0n) is 16.6. The molecule has 0 saturated carbocycles. The number of carbonyl (C=O) groups is 1. The molecule has 1 aliphatic carbocycles. The molecular weight excluding hydrogens is 334 g/mol. The van der Waals surface area contributed by atoms with Gasteiger partial charge >= 0.3 is 0 Å². The van der Waals surface area contributed by atoms with Gasteiger partial charge < -0.3 is 5.11 Å². The smallest absolute Gasteiger partial charge is 0.156 e. The molecule has 0 heterocycles. The van der Waals surface area contributed by atoms with Gasteiger partial charge in [0, 0.05) is 17.1 Å². The van der Waals surface area contributed by atoms with Crippen LogP contribution in [0, 0.1) is 18.3 Å². The second kappa shape index (κ2) is 8.05. The number of aryl methyl sites for hydroxylation is 1. The molecule has 0 radical (unpaired) electrons. The highest BCUT2D eigenvalue weighted by Crippen LogP contribution is 2.40. The maximum atomic E-state index is 12.5. The molecular formula is C24H25NO2. The predicted molar refractivity (Wildman–Crippen MR) is 109 cm³/mol. The van der Waals surface area contributed by atoms with Crippen molar-refractivity contribution in [2.24, 2.45) is 0 Å². The Hall–Kier alpha value is -3.12. The van der Waals surface area contributed by atoms with Crippen LogP contribution in [-0.4, -0.2) is 10.9 Å². The minimum Gasteiger partial charge on any atom is -0.508 e. The van der Waals surface area contributed by atoms with Crippen molar-refractivity contribution in [1.82, 2.24) is 0 Å². The van der Waals surface area contributed by atoms with E-state index in [9.17, 15) is 15.2 Å². The largest absolute Gasteiger partial charge is 0.508 e. The number of Topliss-reactive ketones (excluding diaryl/α,β-unsaturated/α-hetero) is 1. The van der Waals surface area contributed by atoms with Gasteiger partial charge in [0.15, 0.2) is 5.78 Å². The van der Waals surface area contributed by atoms with Gasteiger partial charge in [-0.1, -0.05) is 35.9 Å². The lowest BCUT2D eigenvalue weighted by Crippen LogP contribution is -2.16. The summed E-state index contributed by atoms with van der Waals surface area (Å²) >= 11 is 0. The third-order valence-electron chi connectivity index (χ3n) is 4.64. The van der Waals surface area contributed by atoms with E-state index in [2.05, 4.69) is 12.6 Å². The number of hydrogen-bond donors (Lipinski definition) is 1. The molecule has 0 spiro atoms. The minimum atomic E-state index is -0.425. The Morgan fingerprint density at radius 2 is 1.81 bits per heavy atom. The maximum absolute atomic E-state index is 12.5. The quantitative estimate of drug-likeness (QED) is 0.695. The number of hydrogen-bond acceptors (Lipinski definition) is 3. The number of allylic oxidation sites excluding steroid dienone is 8. The van der Waals surface area contributed by atoms with Gasteiger partial charge in [0.1, 0.15) is 5.76 Å². The van der Waals surface area contributed by atoms with Crippen molar-refractivity contribution in [2.45, 2.75) is 40.5 Å². The molecule has 0 unspecified atom stereocenters. The molecule has 1 N–H and O–H groups in total. The van der Waals surface area contributed by atoms with E-state index in [4.69, 9.17) is 0 Å². The Morgan fingerprint density at radius 3 is 2.33 bits per heavy atom. The fourth-order valence-electron chi connectivity index (χ4n) is 3.58. The summed E-state index contributed by atoms with van der Waals surface area (Å²) in [5.41, 5.74) is 6.21. The normalized spacial score (nSPS) is 15.0. The number of rotatable bonds is 4. The molecule has 27 heavy (non-hydrogen) atoms. The zero-order valence-corrected chi connectivity index (χ0v) is 16.6. The number of benzene rings is 1. The van der Waals surface area contributed by atoms with Crippen LogP contribution < -0.4 is 0 Å². The molecule has 0 fully saturated rings. The molecule has 0 amide bonds. The van der Waals surface area contributed by atoms with E-state index < -0.39 is 5.92 Å². The first kappa shape index (κ1) is 20.2. The van der Waals surface area contributed by atoms with Crippen LogP contribution in [0.4, 0.5) is 0 Å². The van der Waals surface area contributed by atoms with E-state index >= 15 is 0 Å². The Kier molecular flexibility index (Phi) is 6.02. The molecule has 0 saturated heterocycles. The number of aliphatic hydroxyl groups excluding tert-OH is 1. The van der Waals surface area contributed by atoms with Crippen molar-refractivity contribution in [3.63, 3.8) is 0 Å². The van der Waals surface area contributed by atoms with Gasteiger partial charge in [-0.3, -0.25) is 4.79 Å². The molecule has 2 rings (SSSR count). The van der Waals surface area contributed by atoms with Crippen LogP contribution in [-0.2, 0) is 4.79 Å². The average molecular weight is 359 g/mol. The lowest BCUT2D eigenvalue weighted by molar-refractivity contribution is -0.113. The van der Waals surface area contributed by atoms with Gasteiger partial charge in [0.05, 0.1) is 11.6 Å². The van der Waals surface area contributed by atoms with Crippen molar-refractivity contribution < 1.29 is 9.90 Å². The van der Waals surface area contributed by atoms with Crippen molar-refractivity contribution in [1.29, 1.82) is 5.26 Å². The number of ketones is 1. The van der Waals surface area contributed by atoms with E-state index in [-0.39, 0.29) is 11.5 Å². The number of nitrogens with zero attached hydrogens (tertiary/aromatic N) is 1. The van der Waals surface area contributed by atoms with Crippen molar-refractivity contribution in [3.05, 3.63) is 93.3 Å². The predicted octanol–water partition coefficient (Wildman–Crippen LogP) is 5.76. The summed E-state index contributed by atoms with van der Waals surface area (Å²) in [5.74, 6) is -0.366. The first-order chi connectivity index (χ1) is 12.6. The highest BCUT2D eigenvalue weighted by molar-refractivity contribution is 5.96. The molecule has 3 heteroatoms. The lowest BCUT2D eigenvalue weighted by Gasteiger charge is -2.25. The van der Waals surface area contributed by atoms with Crippen molar-refractivity contribution in [3.8, 4) is 6.07 Å². The van der Waals surface area contributed by atoms with E-state index in [1.807, 2.05) is 52.0 Å². The van der Waals surface area contributed by atoms with E-state index in [1.165, 1.54) is 0 Å². The highest BCUT2D eigenvalue weighted by atomic mass is 16.3. The van der Waals surface area contributed by atoms with E-state index in [0.29, 0.717) is 22.3 Å². The van der Waals surface area contributed by atoms with Gasteiger partial charge in [-0.05, 0) is 69.5 Å². The molecule has 1 aliphatic rings. The third kappa shape index (κ3) is 4.35. The maximum Gasteiger partial charge on any atom is 0.156 e. The first-order valence-electron chi connectivity index (χ1n) is 8.84. The fraction of sp³-hybridized carbons (Fsp3) is 0.250. The summed E-state index contributed by atoms with van der Waals surface area (Å²) in [6.07, 6.45) is 5.41. The monoisotopic (exact) mass is 359 g/mol. The van der Waals surface area contributed by atoms with Crippen LogP contribution in [0.3, 0.4) is 0 Å². The van der Waals surface area contributed by atoms with Gasteiger partial charge in [0.25, 0.3) is 0 Å². The van der Waals surface area contributed by atoms with Crippen LogP contribution in [0.5, 0.6) is 0 Å². The van der Waals surface area contributed by atoms with Crippen molar-refractivity contribution >= 4 is 5.78 Å². The second-order valence-corrected chi connectivity index (χ2v) is 7.18. The van der Waals surface area contributed by atoms with Gasteiger partial charge in [0.2, 0.25) is 0 Å². The average Bonchev–Trinajstić information content (AvgIpc) is 2.68. The van der Waals surface area contributed by atoms with Crippen LogP contribution >= 0.6 is 0 Å². The Bertz CT molecular complexity index is 974. The summed E-state index contributed by atoms with van der Waals surface area (Å²) in [7, 11) is 0. The van der Waals surface area contributed by atoms with Crippen LogP contribution in [0.2, 0.25) is 0 Å². The third-order valence-corrected chi connectivity index (χ3v) is 4.64. The summed E-state index contributed by atoms with van der Waals surface area (Å²) < 4.78 is 0. The van der Waals surface area contributed by atoms with Crippen LogP contribution in [0.25, 0.3) is 0 Å². The van der Waals surface area contributed by atoms with E-state index in [1.54, 1.807) is 19.1 Å². The van der Waals surface area contributed by atoms with Crippen LogP contribution in [0.1, 0.15) is 50.3 Å². The lowest BCUT2D eigenvalue weighted by atomic mass is 9.78. The summed E-state index contributed by atoms with van der Waals surface area (Å²) in [4.78, 5) is 12.5. The van der Waals surface area contributed by atoms with Gasteiger partial charge in [-0.15, -0.1) is 0 Å². The highest BCUT2D eigenvalue weighted by Gasteiger charge is 2.29. The Balaban J connectivity index is 2.84. The fourth-order valence-corrected chi connectivity index (χ4v) is 3.58. The number of carbonyl (C=O) groups excluding carboxylic acids is 1. The SMILES string of the molecule is C=C1C=C(C)C=C([C@H](C(C(C)=O)=C(C)C)c2ccc(C#N)cc2C)C(O)=C1. The summed E-state index contributed by atoms with van der Waals surface area (Å²) in [6, 6.07) is 7.58. The molecule has 0 aliphatic heterocycles. The summed E-state index contributed by atoms with van der Waals surface area (Å²) in [6.45, 7) is 13.2. The molecule has 138 valence electrons. The molecule has 1 aromatic carbocycles. The number of aliphatic hydroxyl groups is 1. The Labute approximate surface area is 161 Å². The molecule has 1 atom stereocenters. The molecule has 3 nitrogen and oxygen atoms in total. The zero-order chi connectivity index (χ0) is 20.3. The first-order valence-corrected chi connectivity index (χ1v) is 8.84. The van der Waals surface area contributed by atoms with Crippen LogP contribution in [0.15, 0.2) is 76.6 Å². The molecule has 0 bridgehead atoms. The molecule has 1 aromatic rings. The molecule has 0 aromatic heterocycles. The second-order valence-electron chi connectivity index (χ2n) is 7.18. The topological polar surface area (TPSA) is 61.1 Å². The number of nitriles is 1. The van der Waals surface area contributed by atoms with Crippen molar-refractivity contribution in [2.75, 3.05) is 0 Å². The Morgan fingerprint density at radius 1 is 1.15 bits per heavy atom.